The first-order chi connectivity index (χ1) is 10.1. The Morgan fingerprint density at radius 3 is 2.45 bits per heavy atom. The standard InChI is InChI=1S/C14H15F4N3O/c1-10(2)21(8-14(16,17)18)13(22)7-20(9-19)12-5-3-4-11(15)6-12/h3-6,10H,7-8H2,1-2H3. The number of carbonyl (C=O) groups is 1. The van der Waals surface area contributed by atoms with Crippen molar-refractivity contribution in [1.29, 1.82) is 5.26 Å². The van der Waals surface area contributed by atoms with Crippen molar-refractivity contribution in [3.05, 3.63) is 30.1 Å². The van der Waals surface area contributed by atoms with E-state index in [1.54, 1.807) is 6.19 Å². The summed E-state index contributed by atoms with van der Waals surface area (Å²) in [6.07, 6.45) is -2.86. The number of rotatable bonds is 5. The van der Waals surface area contributed by atoms with E-state index in [0.717, 1.165) is 17.0 Å². The van der Waals surface area contributed by atoms with Crippen molar-refractivity contribution in [2.24, 2.45) is 0 Å². The Bertz CT molecular complexity index is 566. The third-order valence-electron chi connectivity index (χ3n) is 2.83. The molecule has 1 aromatic rings. The van der Waals surface area contributed by atoms with E-state index in [1.807, 2.05) is 0 Å². The lowest BCUT2D eigenvalue weighted by atomic mass is 10.2. The molecule has 1 aromatic carbocycles. The van der Waals surface area contributed by atoms with Gasteiger partial charge in [0, 0.05) is 6.04 Å². The van der Waals surface area contributed by atoms with E-state index < -0.39 is 37.0 Å². The van der Waals surface area contributed by atoms with Crippen LogP contribution in [0.2, 0.25) is 0 Å². The number of amides is 1. The zero-order valence-corrected chi connectivity index (χ0v) is 12.1. The predicted molar refractivity (Wildman–Crippen MR) is 72.3 cm³/mol. The van der Waals surface area contributed by atoms with Crippen LogP contribution in [-0.4, -0.2) is 36.1 Å². The number of anilines is 1. The zero-order chi connectivity index (χ0) is 16.9. The van der Waals surface area contributed by atoms with Gasteiger partial charge < -0.3 is 4.90 Å². The molecule has 0 saturated carbocycles. The largest absolute Gasteiger partial charge is 0.406 e. The maximum atomic E-state index is 13.1. The van der Waals surface area contributed by atoms with Crippen LogP contribution in [-0.2, 0) is 4.79 Å². The Morgan fingerprint density at radius 1 is 1.36 bits per heavy atom. The van der Waals surface area contributed by atoms with Crippen LogP contribution in [0.15, 0.2) is 24.3 Å². The molecule has 0 N–H and O–H groups in total. The van der Waals surface area contributed by atoms with Gasteiger partial charge in [0.1, 0.15) is 18.9 Å². The molecule has 120 valence electrons. The first-order valence-corrected chi connectivity index (χ1v) is 6.43. The van der Waals surface area contributed by atoms with Crippen molar-refractivity contribution >= 4 is 11.6 Å². The van der Waals surface area contributed by atoms with E-state index >= 15 is 0 Å². The van der Waals surface area contributed by atoms with Gasteiger partial charge in [-0.1, -0.05) is 6.07 Å². The van der Waals surface area contributed by atoms with Crippen molar-refractivity contribution in [2.75, 3.05) is 18.0 Å². The minimum atomic E-state index is -4.53. The zero-order valence-electron chi connectivity index (χ0n) is 12.1. The van der Waals surface area contributed by atoms with Crippen LogP contribution >= 0.6 is 0 Å². The lowest BCUT2D eigenvalue weighted by molar-refractivity contribution is -0.163. The second-order valence-electron chi connectivity index (χ2n) is 4.90. The van der Waals surface area contributed by atoms with Crippen LogP contribution in [0.3, 0.4) is 0 Å². The van der Waals surface area contributed by atoms with Crippen molar-refractivity contribution in [3.63, 3.8) is 0 Å². The molecule has 1 amide bonds. The van der Waals surface area contributed by atoms with Crippen LogP contribution in [0.5, 0.6) is 0 Å². The van der Waals surface area contributed by atoms with Gasteiger partial charge in [-0.3, -0.25) is 9.69 Å². The molecule has 0 aromatic heterocycles. The summed E-state index contributed by atoms with van der Waals surface area (Å²) >= 11 is 0. The molecule has 8 heteroatoms. The van der Waals surface area contributed by atoms with Crippen molar-refractivity contribution in [2.45, 2.75) is 26.1 Å². The molecule has 1 rings (SSSR count). The summed E-state index contributed by atoms with van der Waals surface area (Å²) in [5.74, 6) is -1.47. The van der Waals surface area contributed by atoms with Crippen LogP contribution in [0.4, 0.5) is 23.2 Å². The fourth-order valence-electron chi connectivity index (χ4n) is 1.81. The summed E-state index contributed by atoms with van der Waals surface area (Å²) < 4.78 is 50.6. The monoisotopic (exact) mass is 317 g/mol. The molecule has 0 heterocycles. The molecule has 0 aliphatic rings. The summed E-state index contributed by atoms with van der Waals surface area (Å²) in [6.45, 7) is 0.908. The molecule has 0 aliphatic heterocycles. The lowest BCUT2D eigenvalue weighted by Gasteiger charge is -2.29. The van der Waals surface area contributed by atoms with Crippen molar-refractivity contribution < 1.29 is 22.4 Å². The number of carbonyl (C=O) groups excluding carboxylic acids is 1. The summed E-state index contributed by atoms with van der Waals surface area (Å²) in [4.78, 5) is 13.5. The van der Waals surface area contributed by atoms with Crippen LogP contribution < -0.4 is 4.90 Å². The molecule has 22 heavy (non-hydrogen) atoms. The van der Waals surface area contributed by atoms with E-state index in [2.05, 4.69) is 0 Å². The molecule has 0 aliphatic carbocycles. The summed E-state index contributed by atoms with van der Waals surface area (Å²) in [5, 5.41) is 9.03. The molecule has 0 unspecified atom stereocenters. The molecule has 0 spiro atoms. The first kappa shape index (κ1) is 17.8. The van der Waals surface area contributed by atoms with Crippen LogP contribution in [0.25, 0.3) is 0 Å². The topological polar surface area (TPSA) is 47.3 Å². The Morgan fingerprint density at radius 2 is 2.00 bits per heavy atom. The van der Waals surface area contributed by atoms with Crippen LogP contribution in [0, 0.1) is 17.3 Å². The Hall–Kier alpha value is -2.30. The second kappa shape index (κ2) is 7.11. The molecular formula is C14H15F4N3O. The van der Waals surface area contributed by atoms with Gasteiger partial charge in [-0.05, 0) is 32.0 Å². The molecule has 4 nitrogen and oxygen atoms in total. The van der Waals surface area contributed by atoms with Gasteiger partial charge in [-0.25, -0.2) is 4.39 Å². The van der Waals surface area contributed by atoms with E-state index in [-0.39, 0.29) is 5.69 Å². The molecule has 0 atom stereocenters. The van der Waals surface area contributed by atoms with E-state index in [4.69, 9.17) is 5.26 Å². The van der Waals surface area contributed by atoms with Gasteiger partial charge in [-0.2, -0.15) is 18.4 Å². The fraction of sp³-hybridized carbons (Fsp3) is 0.429. The molecular weight excluding hydrogens is 302 g/mol. The van der Waals surface area contributed by atoms with E-state index in [1.165, 1.54) is 26.0 Å². The van der Waals surface area contributed by atoms with Crippen molar-refractivity contribution in [3.8, 4) is 6.19 Å². The minimum Gasteiger partial charge on any atom is -0.330 e. The van der Waals surface area contributed by atoms with E-state index in [0.29, 0.717) is 4.90 Å². The SMILES string of the molecule is CC(C)N(CC(F)(F)F)C(=O)CN(C#N)c1cccc(F)c1. The number of alkyl halides is 3. The summed E-state index contributed by atoms with van der Waals surface area (Å²) in [7, 11) is 0. The average molecular weight is 317 g/mol. The van der Waals surface area contributed by atoms with Gasteiger partial charge in [0.25, 0.3) is 0 Å². The Labute approximate surface area is 125 Å². The van der Waals surface area contributed by atoms with E-state index in [9.17, 15) is 22.4 Å². The molecule has 0 radical (unpaired) electrons. The quantitative estimate of drug-likeness (QED) is 0.476. The summed E-state index contributed by atoms with van der Waals surface area (Å²) in [5.41, 5.74) is 0.103. The predicted octanol–water partition coefficient (Wildman–Crippen LogP) is 2.91. The average Bonchev–Trinajstić information content (AvgIpc) is 2.40. The highest BCUT2D eigenvalue weighted by Gasteiger charge is 2.34. The van der Waals surface area contributed by atoms with Crippen LogP contribution in [0.1, 0.15) is 13.8 Å². The number of hydrogen-bond donors (Lipinski definition) is 0. The third kappa shape index (κ3) is 5.24. The molecule has 0 bridgehead atoms. The number of halogens is 4. The van der Waals surface area contributed by atoms with Gasteiger partial charge >= 0.3 is 6.18 Å². The Kier molecular flexibility index (Phi) is 5.74. The summed E-state index contributed by atoms with van der Waals surface area (Å²) in [6, 6.07) is 4.24. The maximum absolute atomic E-state index is 13.1. The first-order valence-electron chi connectivity index (χ1n) is 6.43. The highest BCUT2D eigenvalue weighted by Crippen LogP contribution is 2.19. The number of nitrogens with zero attached hydrogens (tertiary/aromatic N) is 3. The maximum Gasteiger partial charge on any atom is 0.406 e. The smallest absolute Gasteiger partial charge is 0.330 e. The normalized spacial score (nSPS) is 11.2. The number of hydrogen-bond acceptors (Lipinski definition) is 3. The second-order valence-corrected chi connectivity index (χ2v) is 4.90. The lowest BCUT2D eigenvalue weighted by Crippen LogP contribution is -2.47. The highest BCUT2D eigenvalue weighted by atomic mass is 19.4. The molecule has 0 fully saturated rings. The highest BCUT2D eigenvalue weighted by molar-refractivity contribution is 5.82. The minimum absolute atomic E-state index is 0.103. The van der Waals surface area contributed by atoms with Gasteiger partial charge in [-0.15, -0.1) is 0 Å². The van der Waals surface area contributed by atoms with Crippen molar-refractivity contribution in [1.82, 2.24) is 4.90 Å². The number of nitriles is 1. The molecule has 0 saturated heterocycles. The number of benzene rings is 1. The Balaban J connectivity index is 2.89. The fourth-order valence-corrected chi connectivity index (χ4v) is 1.81. The van der Waals surface area contributed by atoms with Gasteiger partial charge in [0.05, 0.1) is 5.69 Å². The van der Waals surface area contributed by atoms with Gasteiger partial charge in [0.2, 0.25) is 5.91 Å². The third-order valence-corrected chi connectivity index (χ3v) is 2.83. The van der Waals surface area contributed by atoms with Gasteiger partial charge in [0.15, 0.2) is 6.19 Å².